The maximum absolute atomic E-state index is 9.63. The van der Waals surface area contributed by atoms with E-state index in [-0.39, 0.29) is 5.54 Å². The van der Waals surface area contributed by atoms with Crippen molar-refractivity contribution in [3.8, 4) is 5.75 Å². The van der Waals surface area contributed by atoms with Gasteiger partial charge in [-0.1, -0.05) is 15.9 Å². The molecule has 2 rings (SSSR count). The van der Waals surface area contributed by atoms with Gasteiger partial charge in [-0.15, -0.1) is 0 Å². The Morgan fingerprint density at radius 2 is 2.14 bits per heavy atom. The Hall–Kier alpha value is -0.540. The molecule has 0 amide bonds. The Labute approximate surface area is 92.3 Å². The Bertz CT molecular complexity index is 349. The molecule has 1 aliphatic carbocycles. The minimum Gasteiger partial charge on any atom is -0.508 e. The average Bonchev–Trinajstić information content (AvgIpc) is 2.79. The van der Waals surface area contributed by atoms with Crippen molar-refractivity contribution in [2.45, 2.75) is 31.7 Å². The summed E-state index contributed by atoms with van der Waals surface area (Å²) in [6, 6.07) is 3.86. The number of phenolic OH excluding ortho intramolecular Hbond substituents is 1. The molecule has 0 bridgehead atoms. The molecule has 1 aromatic rings. The smallest absolute Gasteiger partial charge is 0.119 e. The van der Waals surface area contributed by atoms with E-state index in [9.17, 15) is 5.11 Å². The van der Waals surface area contributed by atoms with Gasteiger partial charge in [0.1, 0.15) is 5.75 Å². The molecule has 3 N–H and O–H groups in total. The first-order valence-electron chi connectivity index (χ1n) is 4.77. The lowest BCUT2D eigenvalue weighted by atomic mass is 10.0. The summed E-state index contributed by atoms with van der Waals surface area (Å²) in [5.74, 6) is 0.346. The van der Waals surface area contributed by atoms with Gasteiger partial charge in [-0.05, 0) is 43.9 Å². The molecule has 3 heteroatoms. The Kier molecular flexibility index (Phi) is 2.32. The fourth-order valence-corrected chi connectivity index (χ4v) is 2.06. The molecule has 1 saturated carbocycles. The van der Waals surface area contributed by atoms with E-state index in [1.807, 2.05) is 19.1 Å². The van der Waals surface area contributed by atoms with Gasteiger partial charge >= 0.3 is 0 Å². The van der Waals surface area contributed by atoms with Crippen molar-refractivity contribution in [3.63, 3.8) is 0 Å². The molecule has 0 heterocycles. The van der Waals surface area contributed by atoms with Gasteiger partial charge in [-0.25, -0.2) is 0 Å². The van der Waals surface area contributed by atoms with E-state index in [1.165, 1.54) is 0 Å². The third-order valence-electron chi connectivity index (χ3n) is 2.83. The van der Waals surface area contributed by atoms with Crippen molar-refractivity contribution in [1.82, 2.24) is 0 Å². The van der Waals surface area contributed by atoms with Gasteiger partial charge in [0.05, 0.1) is 0 Å². The van der Waals surface area contributed by atoms with E-state index in [0.717, 1.165) is 34.9 Å². The van der Waals surface area contributed by atoms with Crippen LogP contribution in [0.5, 0.6) is 5.75 Å². The summed E-state index contributed by atoms with van der Waals surface area (Å²) >= 11 is 3.42. The molecule has 0 aliphatic heterocycles. The zero-order valence-electron chi connectivity index (χ0n) is 8.18. The van der Waals surface area contributed by atoms with Crippen LogP contribution in [0.25, 0.3) is 0 Å². The molecule has 0 aromatic heterocycles. The normalized spacial score (nSPS) is 18.2. The van der Waals surface area contributed by atoms with E-state index in [0.29, 0.717) is 5.75 Å². The van der Waals surface area contributed by atoms with Crippen LogP contribution in [0.15, 0.2) is 16.6 Å². The summed E-state index contributed by atoms with van der Waals surface area (Å²) in [4.78, 5) is 0. The van der Waals surface area contributed by atoms with Gasteiger partial charge in [0.25, 0.3) is 0 Å². The van der Waals surface area contributed by atoms with Crippen molar-refractivity contribution >= 4 is 15.9 Å². The third kappa shape index (κ3) is 1.93. The van der Waals surface area contributed by atoms with Gasteiger partial charge in [-0.2, -0.15) is 0 Å². The maximum atomic E-state index is 9.63. The Balaban J connectivity index is 2.26. The summed E-state index contributed by atoms with van der Waals surface area (Å²) in [5.41, 5.74) is 8.02. The highest BCUT2D eigenvalue weighted by molar-refractivity contribution is 9.10. The largest absolute Gasteiger partial charge is 0.508 e. The van der Waals surface area contributed by atoms with Gasteiger partial charge < -0.3 is 10.8 Å². The molecule has 1 aliphatic rings. The predicted molar refractivity (Wildman–Crippen MR) is 60.4 cm³/mol. The second-order valence-electron chi connectivity index (χ2n) is 4.26. The lowest BCUT2D eigenvalue weighted by molar-refractivity contribution is 0.469. The topological polar surface area (TPSA) is 46.2 Å². The van der Waals surface area contributed by atoms with Gasteiger partial charge in [0, 0.05) is 15.6 Å². The SMILES string of the molecule is Cc1c(O)cc(CC2(N)CC2)cc1Br. The fraction of sp³-hybridized carbons (Fsp3) is 0.455. The maximum Gasteiger partial charge on any atom is 0.119 e. The zero-order chi connectivity index (χ0) is 10.3. The Morgan fingerprint density at radius 3 is 2.64 bits per heavy atom. The lowest BCUT2D eigenvalue weighted by Gasteiger charge is -2.11. The van der Waals surface area contributed by atoms with Crippen LogP contribution in [-0.4, -0.2) is 10.6 Å². The lowest BCUT2D eigenvalue weighted by Crippen LogP contribution is -2.24. The fourth-order valence-electron chi connectivity index (χ4n) is 1.56. The molecule has 76 valence electrons. The van der Waals surface area contributed by atoms with E-state index in [2.05, 4.69) is 15.9 Å². The second kappa shape index (κ2) is 3.24. The standard InChI is InChI=1S/C11H14BrNO/c1-7-9(12)4-8(5-10(7)14)6-11(13)2-3-11/h4-5,14H,2-3,6,13H2,1H3. The number of benzene rings is 1. The minimum atomic E-state index is 0.00113. The monoisotopic (exact) mass is 255 g/mol. The van der Waals surface area contributed by atoms with Crippen molar-refractivity contribution in [2.75, 3.05) is 0 Å². The van der Waals surface area contributed by atoms with Crippen LogP contribution in [0.2, 0.25) is 0 Å². The second-order valence-corrected chi connectivity index (χ2v) is 5.12. The highest BCUT2D eigenvalue weighted by Gasteiger charge is 2.38. The van der Waals surface area contributed by atoms with Crippen LogP contribution in [0.3, 0.4) is 0 Å². The van der Waals surface area contributed by atoms with Gasteiger partial charge in [0.2, 0.25) is 0 Å². The quantitative estimate of drug-likeness (QED) is 0.853. The predicted octanol–water partition coefficient (Wildman–Crippen LogP) is 2.50. The molecule has 2 nitrogen and oxygen atoms in total. The minimum absolute atomic E-state index is 0.00113. The van der Waals surface area contributed by atoms with Crippen LogP contribution < -0.4 is 5.73 Å². The molecule has 0 saturated heterocycles. The van der Waals surface area contributed by atoms with Crippen LogP contribution in [0.4, 0.5) is 0 Å². The van der Waals surface area contributed by atoms with Crippen molar-refractivity contribution in [3.05, 3.63) is 27.7 Å². The zero-order valence-corrected chi connectivity index (χ0v) is 9.76. The van der Waals surface area contributed by atoms with Crippen LogP contribution in [0, 0.1) is 6.92 Å². The third-order valence-corrected chi connectivity index (χ3v) is 3.65. The first-order valence-corrected chi connectivity index (χ1v) is 5.56. The van der Waals surface area contributed by atoms with E-state index in [4.69, 9.17) is 5.73 Å². The number of nitrogens with two attached hydrogens (primary N) is 1. The molecular weight excluding hydrogens is 242 g/mol. The molecule has 1 fully saturated rings. The van der Waals surface area contributed by atoms with Crippen molar-refractivity contribution < 1.29 is 5.11 Å². The van der Waals surface area contributed by atoms with E-state index < -0.39 is 0 Å². The van der Waals surface area contributed by atoms with Crippen LogP contribution in [-0.2, 0) is 6.42 Å². The molecular formula is C11H14BrNO. The first kappa shape index (κ1) is 9.99. The average molecular weight is 256 g/mol. The van der Waals surface area contributed by atoms with Crippen LogP contribution >= 0.6 is 15.9 Å². The summed E-state index contributed by atoms with van der Waals surface area (Å²) in [5, 5.41) is 9.63. The number of rotatable bonds is 2. The van der Waals surface area contributed by atoms with Crippen molar-refractivity contribution in [1.29, 1.82) is 0 Å². The van der Waals surface area contributed by atoms with Gasteiger partial charge in [-0.3, -0.25) is 0 Å². The molecule has 1 aromatic carbocycles. The number of phenols is 1. The summed E-state index contributed by atoms with van der Waals surface area (Å²) in [6.45, 7) is 1.89. The highest BCUT2D eigenvalue weighted by Crippen LogP contribution is 2.37. The molecule has 0 unspecified atom stereocenters. The van der Waals surface area contributed by atoms with Crippen LogP contribution in [0.1, 0.15) is 24.0 Å². The molecule has 0 atom stereocenters. The number of aromatic hydroxyl groups is 1. The summed E-state index contributed by atoms with van der Waals surface area (Å²) in [6.07, 6.45) is 3.05. The molecule has 0 spiro atoms. The Morgan fingerprint density at radius 1 is 1.50 bits per heavy atom. The highest BCUT2D eigenvalue weighted by atomic mass is 79.9. The molecule has 14 heavy (non-hydrogen) atoms. The molecule has 0 radical (unpaired) electrons. The number of hydrogen-bond acceptors (Lipinski definition) is 2. The van der Waals surface area contributed by atoms with Gasteiger partial charge in [0.15, 0.2) is 0 Å². The first-order chi connectivity index (χ1) is 6.50. The van der Waals surface area contributed by atoms with E-state index in [1.54, 1.807) is 0 Å². The number of halogens is 1. The van der Waals surface area contributed by atoms with Crippen molar-refractivity contribution in [2.24, 2.45) is 5.73 Å². The summed E-state index contributed by atoms with van der Waals surface area (Å²) in [7, 11) is 0. The summed E-state index contributed by atoms with van der Waals surface area (Å²) < 4.78 is 0.955. The van der Waals surface area contributed by atoms with E-state index >= 15 is 0 Å². The number of hydrogen-bond donors (Lipinski definition) is 2.